The van der Waals surface area contributed by atoms with Gasteiger partial charge < -0.3 is 14.8 Å². The monoisotopic (exact) mass is 482 g/mol. The molecule has 0 spiro atoms. The molecule has 0 aliphatic carbocycles. The highest BCUT2D eigenvalue weighted by Crippen LogP contribution is 2.38. The van der Waals surface area contributed by atoms with Gasteiger partial charge in [0.25, 0.3) is 0 Å². The second kappa shape index (κ2) is 9.64. The summed E-state index contributed by atoms with van der Waals surface area (Å²) >= 11 is 6.30. The first-order chi connectivity index (χ1) is 15.3. The van der Waals surface area contributed by atoms with Gasteiger partial charge in [-0.25, -0.2) is 12.8 Å². The summed E-state index contributed by atoms with van der Waals surface area (Å²) in [6.07, 6.45) is 1.59. The smallest absolute Gasteiger partial charge is 0.243 e. The number of halogens is 2. The van der Waals surface area contributed by atoms with E-state index in [0.717, 1.165) is 24.1 Å². The van der Waals surface area contributed by atoms with Gasteiger partial charge in [0, 0.05) is 32.0 Å². The van der Waals surface area contributed by atoms with Crippen molar-refractivity contribution in [2.75, 3.05) is 26.3 Å². The molecule has 0 aromatic heterocycles. The number of carbonyl (C=O) groups excluding carboxylic acids is 1. The molecule has 2 aromatic rings. The van der Waals surface area contributed by atoms with Gasteiger partial charge in [0.2, 0.25) is 15.9 Å². The number of rotatable bonds is 5. The molecule has 1 fully saturated rings. The minimum Gasteiger partial charge on any atom is -0.489 e. The lowest BCUT2D eigenvalue weighted by Gasteiger charge is -2.30. The Balaban J connectivity index is 1.33. The summed E-state index contributed by atoms with van der Waals surface area (Å²) in [5.41, 5.74) is 0.795. The van der Waals surface area contributed by atoms with Crippen LogP contribution in [-0.4, -0.2) is 44.9 Å². The van der Waals surface area contributed by atoms with E-state index in [2.05, 4.69) is 5.32 Å². The molecule has 2 aliphatic rings. The van der Waals surface area contributed by atoms with E-state index in [4.69, 9.17) is 21.1 Å². The molecule has 2 aliphatic heterocycles. The molecular weight excluding hydrogens is 459 g/mol. The number of amides is 1. The topological polar surface area (TPSA) is 84.9 Å². The number of carbonyl (C=O) groups is 1. The maximum atomic E-state index is 13.1. The van der Waals surface area contributed by atoms with Crippen molar-refractivity contribution in [1.82, 2.24) is 9.62 Å². The Morgan fingerprint density at radius 2 is 1.81 bits per heavy atom. The van der Waals surface area contributed by atoms with Gasteiger partial charge >= 0.3 is 0 Å². The molecule has 0 saturated carbocycles. The Labute approximate surface area is 191 Å². The molecule has 10 heteroatoms. The molecular formula is C22H24ClFN2O5S. The molecule has 0 atom stereocenters. The van der Waals surface area contributed by atoms with Gasteiger partial charge in [-0.3, -0.25) is 4.79 Å². The van der Waals surface area contributed by atoms with Crippen LogP contribution in [-0.2, 0) is 21.4 Å². The van der Waals surface area contributed by atoms with Crippen LogP contribution in [0.4, 0.5) is 4.39 Å². The zero-order valence-electron chi connectivity index (χ0n) is 17.4. The third kappa shape index (κ3) is 5.00. The predicted octanol–water partition coefficient (Wildman–Crippen LogP) is 3.36. The van der Waals surface area contributed by atoms with E-state index in [0.29, 0.717) is 42.6 Å². The van der Waals surface area contributed by atoms with Crippen molar-refractivity contribution in [3.8, 4) is 11.5 Å². The highest BCUT2D eigenvalue weighted by atomic mass is 35.5. The van der Waals surface area contributed by atoms with Gasteiger partial charge in [-0.15, -0.1) is 0 Å². The summed E-state index contributed by atoms with van der Waals surface area (Å²) in [4.78, 5) is 12.7. The van der Waals surface area contributed by atoms with Gasteiger partial charge in [-0.2, -0.15) is 4.31 Å². The largest absolute Gasteiger partial charge is 0.489 e. The highest BCUT2D eigenvalue weighted by molar-refractivity contribution is 7.89. The van der Waals surface area contributed by atoms with Crippen molar-refractivity contribution in [3.05, 3.63) is 52.8 Å². The van der Waals surface area contributed by atoms with Crippen LogP contribution in [0.2, 0.25) is 5.02 Å². The van der Waals surface area contributed by atoms with Crippen LogP contribution in [0.3, 0.4) is 0 Å². The number of nitrogens with one attached hydrogen (secondary N) is 1. The second-order valence-corrected chi connectivity index (χ2v) is 10.2. The average Bonchev–Trinajstić information content (AvgIpc) is 3.04. The van der Waals surface area contributed by atoms with Crippen molar-refractivity contribution in [1.29, 1.82) is 0 Å². The number of sulfonamides is 1. The minimum absolute atomic E-state index is 0.0492. The summed E-state index contributed by atoms with van der Waals surface area (Å²) < 4.78 is 51.2. The number of ether oxygens (including phenoxy) is 2. The number of fused-ring (bicyclic) bond motifs is 1. The zero-order chi connectivity index (χ0) is 22.7. The standard InChI is InChI=1S/C22H24ClFN2O5S/c23-19-12-15(13-20-21(19)31-11-1-10-30-20)14-25-22(27)16-6-8-26(9-7-16)32(28,29)18-4-2-17(24)3-5-18/h2-5,12-13,16H,1,6-11,14H2,(H,25,27). The number of benzene rings is 2. The molecule has 32 heavy (non-hydrogen) atoms. The number of hydrogen-bond donors (Lipinski definition) is 1. The van der Waals surface area contributed by atoms with Crippen LogP contribution in [0.1, 0.15) is 24.8 Å². The van der Waals surface area contributed by atoms with Crippen LogP contribution in [0.15, 0.2) is 41.3 Å². The van der Waals surface area contributed by atoms with Crippen molar-refractivity contribution in [3.63, 3.8) is 0 Å². The SMILES string of the molecule is O=C(NCc1cc(Cl)c2c(c1)OCCCO2)C1CCN(S(=O)(=O)c2ccc(F)cc2)CC1. The van der Waals surface area contributed by atoms with Crippen molar-refractivity contribution in [2.45, 2.75) is 30.7 Å². The van der Waals surface area contributed by atoms with E-state index in [9.17, 15) is 17.6 Å². The summed E-state index contributed by atoms with van der Waals surface area (Å²) in [6.45, 7) is 1.82. The van der Waals surface area contributed by atoms with E-state index in [1.807, 2.05) is 6.07 Å². The Bertz CT molecular complexity index is 1090. The number of nitrogens with zero attached hydrogens (tertiary/aromatic N) is 1. The Morgan fingerprint density at radius 1 is 1.12 bits per heavy atom. The van der Waals surface area contributed by atoms with Crippen LogP contribution in [0.25, 0.3) is 0 Å². The zero-order valence-corrected chi connectivity index (χ0v) is 18.9. The maximum absolute atomic E-state index is 13.1. The molecule has 2 aromatic carbocycles. The molecule has 0 bridgehead atoms. The van der Waals surface area contributed by atoms with Crippen molar-refractivity contribution < 1.29 is 27.1 Å². The first kappa shape index (κ1) is 22.8. The molecule has 4 rings (SSSR count). The fraction of sp³-hybridized carbons (Fsp3) is 0.409. The van der Waals surface area contributed by atoms with Crippen LogP contribution < -0.4 is 14.8 Å². The van der Waals surface area contributed by atoms with Gasteiger partial charge in [0.1, 0.15) is 5.82 Å². The van der Waals surface area contributed by atoms with Crippen molar-refractivity contribution in [2.24, 2.45) is 5.92 Å². The number of piperidine rings is 1. The highest BCUT2D eigenvalue weighted by Gasteiger charge is 2.32. The summed E-state index contributed by atoms with van der Waals surface area (Å²) in [5, 5.41) is 3.34. The quantitative estimate of drug-likeness (QED) is 0.706. The van der Waals surface area contributed by atoms with E-state index in [1.165, 1.54) is 16.4 Å². The maximum Gasteiger partial charge on any atom is 0.243 e. The van der Waals surface area contributed by atoms with Gasteiger partial charge in [-0.1, -0.05) is 11.6 Å². The van der Waals surface area contributed by atoms with E-state index in [1.54, 1.807) is 6.07 Å². The van der Waals surface area contributed by atoms with Crippen LogP contribution in [0, 0.1) is 11.7 Å². The first-order valence-corrected chi connectivity index (χ1v) is 12.3. The van der Waals surface area contributed by atoms with Gasteiger partial charge in [0.15, 0.2) is 11.5 Å². The third-order valence-corrected chi connectivity index (χ3v) is 7.80. The summed E-state index contributed by atoms with van der Waals surface area (Å²) in [5.74, 6) is 0.180. The lowest BCUT2D eigenvalue weighted by molar-refractivity contribution is -0.126. The Kier molecular flexibility index (Phi) is 6.88. The Hall–Kier alpha value is -2.36. The lowest BCUT2D eigenvalue weighted by Crippen LogP contribution is -2.42. The van der Waals surface area contributed by atoms with E-state index >= 15 is 0 Å². The van der Waals surface area contributed by atoms with Crippen LogP contribution in [0.5, 0.6) is 11.5 Å². The van der Waals surface area contributed by atoms with Gasteiger partial charge in [-0.05, 0) is 54.8 Å². The first-order valence-electron chi connectivity index (χ1n) is 10.5. The lowest BCUT2D eigenvalue weighted by atomic mass is 9.97. The molecule has 0 unspecified atom stereocenters. The normalized spacial score (nSPS) is 17.6. The van der Waals surface area contributed by atoms with Crippen molar-refractivity contribution >= 4 is 27.5 Å². The Morgan fingerprint density at radius 3 is 2.53 bits per heavy atom. The minimum atomic E-state index is -3.71. The summed E-state index contributed by atoms with van der Waals surface area (Å²) in [6, 6.07) is 8.31. The molecule has 1 N–H and O–H groups in total. The molecule has 7 nitrogen and oxygen atoms in total. The second-order valence-electron chi connectivity index (χ2n) is 7.81. The molecule has 1 saturated heterocycles. The predicted molar refractivity (Wildman–Crippen MR) is 117 cm³/mol. The number of hydrogen-bond acceptors (Lipinski definition) is 5. The van der Waals surface area contributed by atoms with E-state index < -0.39 is 15.8 Å². The molecule has 1 amide bonds. The molecule has 172 valence electrons. The fourth-order valence-electron chi connectivity index (χ4n) is 3.83. The van der Waals surface area contributed by atoms with Crippen LogP contribution >= 0.6 is 11.6 Å². The fourth-order valence-corrected chi connectivity index (χ4v) is 5.59. The summed E-state index contributed by atoms with van der Waals surface area (Å²) in [7, 11) is -3.71. The van der Waals surface area contributed by atoms with Gasteiger partial charge in [0.05, 0.1) is 23.1 Å². The van der Waals surface area contributed by atoms with E-state index in [-0.39, 0.29) is 36.4 Å². The third-order valence-electron chi connectivity index (χ3n) is 5.60. The molecule has 0 radical (unpaired) electrons. The average molecular weight is 483 g/mol. The molecule has 2 heterocycles.